The first-order chi connectivity index (χ1) is 10.8. The second-order valence-electron chi connectivity index (χ2n) is 6.46. The van der Waals surface area contributed by atoms with E-state index >= 15 is 0 Å². The molecule has 122 valence electrons. The van der Waals surface area contributed by atoms with Crippen LogP contribution in [0.2, 0.25) is 13.3 Å². The zero-order valence-electron chi connectivity index (χ0n) is 14.4. The molecule has 0 amide bonds. The number of nitrogens with zero attached hydrogens (tertiary/aromatic N) is 2. The van der Waals surface area contributed by atoms with Crippen LogP contribution in [0.15, 0.2) is 22.9 Å². The second-order valence-corrected chi connectivity index (χ2v) is 19.5. The number of pyridine rings is 1. The summed E-state index contributed by atoms with van der Waals surface area (Å²) in [7, 11) is 0. The zero-order valence-corrected chi connectivity index (χ0v) is 17.3. The van der Waals surface area contributed by atoms with Gasteiger partial charge in [0.1, 0.15) is 0 Å². The number of hydrogen-bond acceptors (Lipinski definition) is 3. The number of rotatable bonds is 10. The van der Waals surface area contributed by atoms with Gasteiger partial charge in [0, 0.05) is 0 Å². The van der Waals surface area contributed by atoms with Crippen LogP contribution in [0.3, 0.4) is 0 Å². The first-order valence-electron chi connectivity index (χ1n) is 8.96. The quantitative estimate of drug-likeness (QED) is 0.502. The minimum absolute atomic E-state index is 0.808. The van der Waals surface area contributed by atoms with E-state index in [1.165, 1.54) is 61.9 Å². The summed E-state index contributed by atoms with van der Waals surface area (Å²) < 4.78 is 11.2. The standard InChI is InChI=1S/C6H3N2O.3C4H9.Sn/c1-2-5-6(7-3-1)8-4-9-5;3*1-3-4-2;/h1-2,4H;3*1,3-4H2,2H3;. The van der Waals surface area contributed by atoms with Gasteiger partial charge in [-0.15, -0.1) is 0 Å². The van der Waals surface area contributed by atoms with E-state index in [0.717, 1.165) is 11.2 Å². The molecule has 0 N–H and O–H groups in total. The predicted octanol–water partition coefficient (Wildman–Crippen LogP) is 5.28. The van der Waals surface area contributed by atoms with E-state index in [1.807, 2.05) is 0 Å². The molecule has 22 heavy (non-hydrogen) atoms. The van der Waals surface area contributed by atoms with Crippen molar-refractivity contribution >= 4 is 33.3 Å². The van der Waals surface area contributed by atoms with Gasteiger partial charge in [-0.2, -0.15) is 0 Å². The van der Waals surface area contributed by atoms with Crippen molar-refractivity contribution in [2.24, 2.45) is 0 Å². The molecule has 0 atom stereocenters. The second kappa shape index (κ2) is 8.90. The summed E-state index contributed by atoms with van der Waals surface area (Å²) in [6.07, 6.45) is 9.49. The third-order valence-corrected chi connectivity index (χ3v) is 19.9. The molecule has 0 aromatic carbocycles. The number of unbranched alkanes of at least 4 members (excludes halogenated alkanes) is 3. The van der Waals surface area contributed by atoms with Gasteiger partial charge >= 0.3 is 139 Å². The number of fused-ring (bicyclic) bond motifs is 1. The summed E-state index contributed by atoms with van der Waals surface area (Å²) in [5.74, 6) is 0. The van der Waals surface area contributed by atoms with Crippen molar-refractivity contribution in [3.63, 3.8) is 0 Å². The molecule has 0 saturated carbocycles. The third-order valence-electron chi connectivity index (χ3n) is 4.76. The van der Waals surface area contributed by atoms with Crippen LogP contribution in [0.25, 0.3) is 11.2 Å². The summed E-state index contributed by atoms with van der Waals surface area (Å²) >= 11 is -2.41. The van der Waals surface area contributed by atoms with Crippen LogP contribution in [-0.2, 0) is 0 Å². The Balaban J connectivity index is 2.36. The average molecular weight is 409 g/mol. The molecule has 2 aromatic rings. The van der Waals surface area contributed by atoms with E-state index in [2.05, 4.69) is 37.9 Å². The van der Waals surface area contributed by atoms with Gasteiger partial charge in [-0.1, -0.05) is 0 Å². The van der Waals surface area contributed by atoms with Crippen molar-refractivity contribution in [1.29, 1.82) is 0 Å². The molecule has 2 heterocycles. The fourth-order valence-corrected chi connectivity index (χ4v) is 18.7. The summed E-state index contributed by atoms with van der Waals surface area (Å²) in [4.78, 5) is 9.24. The Labute approximate surface area is 138 Å². The van der Waals surface area contributed by atoms with Gasteiger partial charge in [0.05, 0.1) is 0 Å². The molecule has 0 aliphatic rings. The van der Waals surface area contributed by atoms with Gasteiger partial charge < -0.3 is 0 Å². The Bertz CT molecular complexity index is 545. The molecule has 0 aliphatic carbocycles. The molecule has 0 bridgehead atoms. The van der Waals surface area contributed by atoms with Gasteiger partial charge in [0.15, 0.2) is 0 Å². The van der Waals surface area contributed by atoms with Crippen molar-refractivity contribution in [2.75, 3.05) is 0 Å². The van der Waals surface area contributed by atoms with Gasteiger partial charge in [-0.05, 0) is 0 Å². The predicted molar refractivity (Wildman–Crippen MR) is 96.3 cm³/mol. The molecule has 4 heteroatoms. The molecule has 0 unspecified atom stereocenters. The summed E-state index contributed by atoms with van der Waals surface area (Å²) in [6.45, 7) is 6.93. The monoisotopic (exact) mass is 410 g/mol. The van der Waals surface area contributed by atoms with Crippen LogP contribution in [0.4, 0.5) is 0 Å². The maximum atomic E-state index is 5.38. The molecule has 3 nitrogen and oxygen atoms in total. The van der Waals surface area contributed by atoms with E-state index in [0.29, 0.717) is 0 Å². The maximum absolute atomic E-state index is 5.38. The average Bonchev–Trinajstić information content (AvgIpc) is 3.02. The van der Waals surface area contributed by atoms with Crippen LogP contribution in [-0.4, -0.2) is 28.3 Å². The Morgan fingerprint density at radius 3 is 2.05 bits per heavy atom. The van der Waals surface area contributed by atoms with Crippen molar-refractivity contribution in [3.05, 3.63) is 18.5 Å². The van der Waals surface area contributed by atoms with Crippen LogP contribution < -0.4 is 3.71 Å². The number of oxazole rings is 1. The van der Waals surface area contributed by atoms with Gasteiger partial charge in [0.25, 0.3) is 0 Å². The molecular weight excluding hydrogens is 379 g/mol. The van der Waals surface area contributed by atoms with Gasteiger partial charge in [-0.25, -0.2) is 0 Å². The van der Waals surface area contributed by atoms with Crippen molar-refractivity contribution < 1.29 is 4.42 Å². The summed E-state index contributed by atoms with van der Waals surface area (Å²) in [5.41, 5.74) is 1.63. The molecule has 2 aromatic heterocycles. The van der Waals surface area contributed by atoms with Gasteiger partial charge in [-0.3, -0.25) is 0 Å². The molecule has 2 rings (SSSR count). The fourth-order valence-electron chi connectivity index (χ4n) is 3.35. The molecule has 0 radical (unpaired) electrons. The molecule has 0 saturated heterocycles. The molecule has 0 fully saturated rings. The first kappa shape index (κ1) is 17.8. The summed E-state index contributed by atoms with van der Waals surface area (Å²) in [5, 5.41) is 0. The summed E-state index contributed by atoms with van der Waals surface area (Å²) in [6, 6.07) is 4.37. The van der Waals surface area contributed by atoms with E-state index in [4.69, 9.17) is 9.40 Å². The number of aromatic nitrogens is 2. The van der Waals surface area contributed by atoms with Crippen LogP contribution in [0.5, 0.6) is 0 Å². The van der Waals surface area contributed by atoms with E-state index in [9.17, 15) is 0 Å². The Morgan fingerprint density at radius 2 is 1.50 bits per heavy atom. The topological polar surface area (TPSA) is 38.9 Å². The third kappa shape index (κ3) is 4.24. The fraction of sp³-hybridized carbons (Fsp3) is 0.667. The Hall–Kier alpha value is -0.581. The van der Waals surface area contributed by atoms with Crippen molar-refractivity contribution in [1.82, 2.24) is 9.97 Å². The van der Waals surface area contributed by atoms with Crippen molar-refractivity contribution in [3.8, 4) is 0 Å². The molecular formula is C18H30N2OSn. The van der Waals surface area contributed by atoms with Crippen LogP contribution in [0, 0.1) is 0 Å². The van der Waals surface area contributed by atoms with Crippen LogP contribution >= 0.6 is 0 Å². The number of hydrogen-bond donors (Lipinski definition) is 0. The van der Waals surface area contributed by atoms with E-state index < -0.39 is 18.4 Å². The molecule has 0 spiro atoms. The molecule has 0 aliphatic heterocycles. The Morgan fingerprint density at radius 1 is 0.909 bits per heavy atom. The van der Waals surface area contributed by atoms with E-state index in [-0.39, 0.29) is 0 Å². The normalized spacial score (nSPS) is 12.1. The SMILES string of the molecule is CCC[CH2][Sn]([CH2]CCC)([CH2]CCC)[c]1ccc2ocnc2n1. The van der Waals surface area contributed by atoms with Gasteiger partial charge in [0.2, 0.25) is 0 Å². The van der Waals surface area contributed by atoms with E-state index in [1.54, 1.807) is 0 Å². The minimum atomic E-state index is -2.41. The van der Waals surface area contributed by atoms with Crippen molar-refractivity contribution in [2.45, 2.75) is 72.6 Å². The first-order valence-corrected chi connectivity index (χ1v) is 16.4. The van der Waals surface area contributed by atoms with Crippen LogP contribution in [0.1, 0.15) is 59.3 Å². The Kier molecular flexibility index (Phi) is 7.19. The zero-order chi connectivity index (χ0) is 15.8.